The molecule has 120 valence electrons. The van der Waals surface area contributed by atoms with E-state index in [4.69, 9.17) is 16.9 Å². The van der Waals surface area contributed by atoms with Gasteiger partial charge in [0.25, 0.3) is 0 Å². The van der Waals surface area contributed by atoms with Crippen LogP contribution in [-0.2, 0) is 4.79 Å². The molecular weight excluding hydrogens is 305 g/mol. The number of anilines is 1. The van der Waals surface area contributed by atoms with Crippen LogP contribution in [0.2, 0.25) is 5.02 Å². The monoisotopic (exact) mass is 325 g/mol. The van der Waals surface area contributed by atoms with Crippen LogP contribution < -0.4 is 5.32 Å². The van der Waals surface area contributed by atoms with Gasteiger partial charge >= 0.3 is 0 Å². The predicted molar refractivity (Wildman–Crippen MR) is 86.2 cm³/mol. The molecule has 0 aromatic heterocycles. The van der Waals surface area contributed by atoms with Crippen LogP contribution in [0.5, 0.6) is 0 Å². The standard InChI is InChI=1S/C16H21ClFN3O/c1-16(2,3)11-21(8-4-7-19)10-15(22)20-14-6-5-12(18)9-13(14)17/h5-6,9H,4,8,10-11H2,1-3H3,(H,20,22). The highest BCUT2D eigenvalue weighted by atomic mass is 35.5. The maximum absolute atomic E-state index is 13.0. The van der Waals surface area contributed by atoms with Gasteiger partial charge in [0.15, 0.2) is 0 Å². The van der Waals surface area contributed by atoms with Gasteiger partial charge in [-0.1, -0.05) is 32.4 Å². The molecule has 0 aliphatic rings. The number of carbonyl (C=O) groups is 1. The number of hydrogen-bond acceptors (Lipinski definition) is 3. The van der Waals surface area contributed by atoms with E-state index in [2.05, 4.69) is 32.2 Å². The van der Waals surface area contributed by atoms with Crippen LogP contribution >= 0.6 is 11.6 Å². The first-order valence-corrected chi connectivity index (χ1v) is 7.43. The minimum absolute atomic E-state index is 0.0171. The maximum Gasteiger partial charge on any atom is 0.238 e. The summed E-state index contributed by atoms with van der Waals surface area (Å²) in [5, 5.41) is 11.5. The zero-order valence-corrected chi connectivity index (χ0v) is 13.9. The van der Waals surface area contributed by atoms with Crippen molar-refractivity contribution in [2.45, 2.75) is 27.2 Å². The highest BCUT2D eigenvalue weighted by Crippen LogP contribution is 2.22. The molecule has 22 heavy (non-hydrogen) atoms. The molecule has 4 nitrogen and oxygen atoms in total. The van der Waals surface area contributed by atoms with Gasteiger partial charge in [0, 0.05) is 19.5 Å². The Morgan fingerprint density at radius 1 is 1.45 bits per heavy atom. The normalized spacial score (nSPS) is 11.3. The molecule has 1 rings (SSSR count). The van der Waals surface area contributed by atoms with Crippen LogP contribution in [0, 0.1) is 22.6 Å². The third kappa shape index (κ3) is 6.88. The number of nitriles is 1. The SMILES string of the molecule is CC(C)(C)CN(CCC#N)CC(=O)Nc1ccc(F)cc1Cl. The average molecular weight is 326 g/mol. The summed E-state index contributed by atoms with van der Waals surface area (Å²) >= 11 is 5.89. The van der Waals surface area contributed by atoms with E-state index in [0.717, 1.165) is 6.07 Å². The van der Waals surface area contributed by atoms with Crippen LogP contribution in [-0.4, -0.2) is 30.4 Å². The van der Waals surface area contributed by atoms with E-state index >= 15 is 0 Å². The summed E-state index contributed by atoms with van der Waals surface area (Å²) < 4.78 is 13.0. The number of nitrogens with zero attached hydrogens (tertiary/aromatic N) is 2. The highest BCUT2D eigenvalue weighted by Gasteiger charge is 2.19. The molecule has 0 fully saturated rings. The molecule has 0 bridgehead atoms. The minimum atomic E-state index is -0.452. The van der Waals surface area contributed by atoms with Crippen molar-refractivity contribution in [3.05, 3.63) is 29.0 Å². The topological polar surface area (TPSA) is 56.1 Å². The molecule has 0 radical (unpaired) electrons. The van der Waals surface area contributed by atoms with E-state index in [1.807, 2.05) is 4.90 Å². The van der Waals surface area contributed by atoms with Crippen LogP contribution in [0.1, 0.15) is 27.2 Å². The summed E-state index contributed by atoms with van der Waals surface area (Å²) in [6.45, 7) is 7.59. The summed E-state index contributed by atoms with van der Waals surface area (Å²) in [5.74, 6) is -0.693. The number of halogens is 2. The number of carbonyl (C=O) groups excluding carboxylic acids is 1. The third-order valence-electron chi connectivity index (χ3n) is 2.81. The smallest absolute Gasteiger partial charge is 0.238 e. The van der Waals surface area contributed by atoms with E-state index in [-0.39, 0.29) is 22.9 Å². The second kappa shape index (κ2) is 8.11. The minimum Gasteiger partial charge on any atom is -0.324 e. The number of rotatable bonds is 6. The van der Waals surface area contributed by atoms with Crippen molar-refractivity contribution in [3.63, 3.8) is 0 Å². The van der Waals surface area contributed by atoms with E-state index < -0.39 is 5.82 Å². The summed E-state index contributed by atoms with van der Waals surface area (Å²) in [4.78, 5) is 14.0. The summed E-state index contributed by atoms with van der Waals surface area (Å²) in [6.07, 6.45) is 0.362. The van der Waals surface area contributed by atoms with Crippen LogP contribution in [0.15, 0.2) is 18.2 Å². The van der Waals surface area contributed by atoms with Crippen molar-refractivity contribution in [1.29, 1.82) is 5.26 Å². The number of hydrogen-bond donors (Lipinski definition) is 1. The van der Waals surface area contributed by atoms with Gasteiger partial charge in [-0.3, -0.25) is 9.69 Å². The van der Waals surface area contributed by atoms with Crippen molar-refractivity contribution < 1.29 is 9.18 Å². The molecule has 1 aromatic rings. The molecular formula is C16H21ClFN3O. The molecule has 0 heterocycles. The second-order valence-corrected chi connectivity index (χ2v) is 6.76. The van der Waals surface area contributed by atoms with Crippen LogP contribution in [0.25, 0.3) is 0 Å². The van der Waals surface area contributed by atoms with E-state index in [1.54, 1.807) is 0 Å². The molecule has 0 aliphatic carbocycles. The molecule has 1 amide bonds. The molecule has 1 aromatic carbocycles. The Labute approximate surface area is 135 Å². The number of amides is 1. The fourth-order valence-corrected chi connectivity index (χ4v) is 2.29. The van der Waals surface area contributed by atoms with Crippen molar-refractivity contribution in [2.75, 3.05) is 25.0 Å². The van der Waals surface area contributed by atoms with Gasteiger partial charge in [0.1, 0.15) is 5.82 Å². The zero-order chi connectivity index (χ0) is 16.8. The van der Waals surface area contributed by atoms with Gasteiger partial charge in [-0.2, -0.15) is 5.26 Å². The van der Waals surface area contributed by atoms with Gasteiger partial charge in [-0.25, -0.2) is 4.39 Å². The van der Waals surface area contributed by atoms with Crippen molar-refractivity contribution >= 4 is 23.2 Å². The molecule has 0 saturated heterocycles. The number of nitrogens with one attached hydrogen (secondary N) is 1. The second-order valence-electron chi connectivity index (χ2n) is 6.35. The van der Waals surface area contributed by atoms with Gasteiger partial charge < -0.3 is 5.32 Å². The first-order chi connectivity index (χ1) is 10.2. The predicted octanol–water partition coefficient (Wildman–Crippen LogP) is 3.68. The van der Waals surface area contributed by atoms with Gasteiger partial charge in [0.2, 0.25) is 5.91 Å². The lowest BCUT2D eigenvalue weighted by Crippen LogP contribution is -2.39. The molecule has 0 saturated carbocycles. The van der Waals surface area contributed by atoms with Gasteiger partial charge in [0.05, 0.1) is 23.3 Å². The molecule has 6 heteroatoms. The summed E-state index contributed by atoms with van der Waals surface area (Å²) in [6, 6.07) is 5.91. The van der Waals surface area contributed by atoms with Crippen LogP contribution in [0.4, 0.5) is 10.1 Å². The van der Waals surface area contributed by atoms with Crippen molar-refractivity contribution in [3.8, 4) is 6.07 Å². The molecule has 0 spiro atoms. The summed E-state index contributed by atoms with van der Waals surface area (Å²) in [5.41, 5.74) is 0.396. The molecule has 0 atom stereocenters. The fourth-order valence-electron chi connectivity index (χ4n) is 2.08. The largest absolute Gasteiger partial charge is 0.324 e. The summed E-state index contributed by atoms with van der Waals surface area (Å²) in [7, 11) is 0. The average Bonchev–Trinajstić information content (AvgIpc) is 2.37. The van der Waals surface area contributed by atoms with Gasteiger partial charge in [-0.15, -0.1) is 0 Å². The van der Waals surface area contributed by atoms with Gasteiger partial charge in [-0.05, 0) is 23.6 Å². The third-order valence-corrected chi connectivity index (χ3v) is 3.12. The van der Waals surface area contributed by atoms with E-state index in [0.29, 0.717) is 25.2 Å². The Kier molecular flexibility index (Phi) is 6.79. The van der Waals surface area contributed by atoms with Crippen LogP contribution in [0.3, 0.4) is 0 Å². The number of benzene rings is 1. The Bertz CT molecular complexity index is 563. The van der Waals surface area contributed by atoms with E-state index in [9.17, 15) is 9.18 Å². The Balaban J connectivity index is 2.67. The van der Waals surface area contributed by atoms with Crippen molar-refractivity contribution in [2.24, 2.45) is 5.41 Å². The Hall–Kier alpha value is -1.64. The Morgan fingerprint density at radius 2 is 2.14 bits per heavy atom. The molecule has 0 aliphatic heterocycles. The first-order valence-electron chi connectivity index (χ1n) is 7.05. The zero-order valence-electron chi connectivity index (χ0n) is 13.1. The van der Waals surface area contributed by atoms with E-state index in [1.165, 1.54) is 12.1 Å². The van der Waals surface area contributed by atoms with Crippen molar-refractivity contribution in [1.82, 2.24) is 4.90 Å². The quantitative estimate of drug-likeness (QED) is 0.868. The lowest BCUT2D eigenvalue weighted by atomic mass is 9.96. The molecule has 1 N–H and O–H groups in total. The molecule has 0 unspecified atom stereocenters. The highest BCUT2D eigenvalue weighted by molar-refractivity contribution is 6.33. The maximum atomic E-state index is 13.0. The first kappa shape index (κ1) is 18.4. The lowest BCUT2D eigenvalue weighted by molar-refractivity contribution is -0.117. The fraction of sp³-hybridized carbons (Fsp3) is 0.500. The lowest BCUT2D eigenvalue weighted by Gasteiger charge is -2.28. The Morgan fingerprint density at radius 3 is 2.68 bits per heavy atom.